The number of nitrogens with zero attached hydrogens (tertiary/aromatic N) is 3. The molecule has 1 aromatic heterocycles. The zero-order valence-electron chi connectivity index (χ0n) is 22.9. The number of nitrogens with one attached hydrogen (secondary N) is 1. The quantitative estimate of drug-likeness (QED) is 0.276. The molecule has 3 aromatic carbocycles. The van der Waals surface area contributed by atoms with Gasteiger partial charge in [-0.1, -0.05) is 24.3 Å². The van der Waals surface area contributed by atoms with Crippen molar-refractivity contribution in [2.24, 2.45) is 5.73 Å². The average molecular weight is 598 g/mol. The minimum atomic E-state index is -3.90. The molecule has 5 rings (SSSR count). The molecular formula is C28H31N5O6S2. The Hall–Kier alpha value is -3.94. The Kier molecular flexibility index (Phi) is 7.53. The molecule has 41 heavy (non-hydrogen) atoms. The number of primary amides is 1. The number of sulfonamides is 1. The van der Waals surface area contributed by atoms with Crippen LogP contribution in [0.5, 0.6) is 0 Å². The van der Waals surface area contributed by atoms with Crippen molar-refractivity contribution < 1.29 is 26.4 Å². The number of amides is 2. The van der Waals surface area contributed by atoms with Gasteiger partial charge in [0.05, 0.1) is 23.0 Å². The van der Waals surface area contributed by atoms with Crippen LogP contribution in [0, 0.1) is 6.92 Å². The van der Waals surface area contributed by atoms with Gasteiger partial charge in [0.15, 0.2) is 10.7 Å². The van der Waals surface area contributed by atoms with E-state index < -0.39 is 32.5 Å². The van der Waals surface area contributed by atoms with Gasteiger partial charge >= 0.3 is 0 Å². The van der Waals surface area contributed by atoms with E-state index in [2.05, 4.69) is 9.88 Å². The molecule has 0 spiro atoms. The number of carbonyl (C=O) groups excluding carboxylic acids is 2. The fraction of sp³-hybridized carbons (Fsp3) is 0.286. The first-order valence-electron chi connectivity index (χ1n) is 12.9. The highest BCUT2D eigenvalue weighted by atomic mass is 32.2. The number of nitrogens with two attached hydrogens (primary N) is 1. The van der Waals surface area contributed by atoms with Crippen LogP contribution in [-0.4, -0.2) is 88.8 Å². The van der Waals surface area contributed by atoms with Crippen molar-refractivity contribution in [2.45, 2.75) is 6.92 Å². The molecule has 1 saturated heterocycles. The predicted molar refractivity (Wildman–Crippen MR) is 160 cm³/mol. The normalized spacial score (nSPS) is 14.7. The number of piperazine rings is 1. The van der Waals surface area contributed by atoms with Gasteiger partial charge in [-0.05, 0) is 54.9 Å². The molecule has 13 heteroatoms. The van der Waals surface area contributed by atoms with Crippen molar-refractivity contribution in [1.82, 2.24) is 14.8 Å². The number of hydrogen-bond acceptors (Lipinski definition) is 7. The minimum Gasteiger partial charge on any atom is -0.366 e. The van der Waals surface area contributed by atoms with Gasteiger partial charge in [0.1, 0.15) is 5.88 Å². The summed E-state index contributed by atoms with van der Waals surface area (Å²) in [6, 6.07) is 13.7. The summed E-state index contributed by atoms with van der Waals surface area (Å²) in [7, 11) is -4.90. The molecule has 1 aliphatic rings. The Balaban J connectivity index is 1.69. The van der Waals surface area contributed by atoms with E-state index in [0.717, 1.165) is 29.0 Å². The molecule has 2 amide bonds. The van der Waals surface area contributed by atoms with E-state index >= 15 is 0 Å². The van der Waals surface area contributed by atoms with E-state index in [9.17, 15) is 26.4 Å². The van der Waals surface area contributed by atoms with E-state index in [4.69, 9.17) is 5.73 Å². The Labute approximate surface area is 239 Å². The van der Waals surface area contributed by atoms with Crippen molar-refractivity contribution >= 4 is 60.0 Å². The number of rotatable bonds is 7. The van der Waals surface area contributed by atoms with Gasteiger partial charge in [-0.25, -0.2) is 16.8 Å². The maximum Gasteiger partial charge on any atom is 0.254 e. The third-order valence-corrected chi connectivity index (χ3v) is 9.40. The number of fused-ring (bicyclic) bond motifs is 3. The van der Waals surface area contributed by atoms with Gasteiger partial charge in [0.25, 0.3) is 11.8 Å². The van der Waals surface area contributed by atoms with Crippen molar-refractivity contribution in [3.05, 3.63) is 65.2 Å². The van der Waals surface area contributed by atoms with Gasteiger partial charge in [0, 0.05) is 48.0 Å². The van der Waals surface area contributed by atoms with Crippen LogP contribution >= 0.6 is 0 Å². The molecule has 0 radical (unpaired) electrons. The minimum absolute atomic E-state index is 0.0740. The average Bonchev–Trinajstić information content (AvgIpc) is 3.30. The highest BCUT2D eigenvalue weighted by Crippen LogP contribution is 2.40. The number of carbonyl (C=O) groups is 2. The van der Waals surface area contributed by atoms with Crippen LogP contribution in [0.1, 0.15) is 26.3 Å². The number of thiol groups is 1. The van der Waals surface area contributed by atoms with Crippen LogP contribution in [0.4, 0.5) is 5.69 Å². The molecule has 4 aromatic rings. The highest BCUT2D eigenvalue weighted by Gasteiger charge is 2.25. The zero-order chi connectivity index (χ0) is 29.6. The summed E-state index contributed by atoms with van der Waals surface area (Å²) in [4.78, 5) is 32.9. The molecule has 11 nitrogen and oxygen atoms in total. The van der Waals surface area contributed by atoms with E-state index in [1.807, 2.05) is 18.0 Å². The van der Waals surface area contributed by atoms with Crippen LogP contribution < -0.4 is 10.0 Å². The number of aromatic nitrogens is 1. The molecule has 0 aliphatic carbocycles. The smallest absolute Gasteiger partial charge is 0.254 e. The van der Waals surface area contributed by atoms with E-state index in [-0.39, 0.29) is 17.2 Å². The van der Waals surface area contributed by atoms with Crippen molar-refractivity contribution in [3.8, 4) is 11.1 Å². The summed E-state index contributed by atoms with van der Waals surface area (Å²) >= 11 is 0. The number of benzene rings is 3. The molecule has 216 valence electrons. The van der Waals surface area contributed by atoms with Gasteiger partial charge in [-0.15, -0.1) is 0 Å². The largest absolute Gasteiger partial charge is 0.366 e. The van der Waals surface area contributed by atoms with Crippen molar-refractivity contribution in [3.63, 3.8) is 0 Å². The van der Waals surface area contributed by atoms with Gasteiger partial charge in [0.2, 0.25) is 10.0 Å². The molecule has 1 aliphatic heterocycles. The maximum atomic E-state index is 13.3. The Morgan fingerprint density at radius 3 is 2.37 bits per heavy atom. The Morgan fingerprint density at radius 1 is 1.02 bits per heavy atom. The highest BCUT2D eigenvalue weighted by molar-refractivity contribution is 7.92. The summed E-state index contributed by atoms with van der Waals surface area (Å²) in [6.07, 6.45) is 0.957. The summed E-state index contributed by atoms with van der Waals surface area (Å²) in [5, 5.41) is 1.43. The molecular weight excluding hydrogens is 566 g/mol. The number of aromatic amines is 1. The molecule has 0 saturated carbocycles. The lowest BCUT2D eigenvalue weighted by molar-refractivity contribution is 0.0664. The van der Waals surface area contributed by atoms with Crippen LogP contribution in [0.2, 0.25) is 0 Å². The monoisotopic (exact) mass is 597 g/mol. The van der Waals surface area contributed by atoms with Crippen molar-refractivity contribution in [1.29, 1.82) is 0 Å². The lowest BCUT2D eigenvalue weighted by atomic mass is 9.93. The summed E-state index contributed by atoms with van der Waals surface area (Å²) < 4.78 is 49.0. The summed E-state index contributed by atoms with van der Waals surface area (Å²) in [5.74, 6) is -1.39. The summed E-state index contributed by atoms with van der Waals surface area (Å²) in [5.41, 5.74) is 9.74. The fourth-order valence-electron chi connectivity index (χ4n) is 5.42. The predicted octanol–water partition coefficient (Wildman–Crippen LogP) is 2.12. The lowest BCUT2D eigenvalue weighted by Gasteiger charge is -2.32. The third kappa shape index (κ3) is 5.39. The van der Waals surface area contributed by atoms with Crippen LogP contribution in [-0.2, 0) is 20.7 Å². The molecule has 1 fully saturated rings. The van der Waals surface area contributed by atoms with Gasteiger partial charge in [-0.3, -0.25) is 13.9 Å². The standard InChI is InChI=1S/C28H31N5O6S2/c1-17-19(5-4-6-24(17)33(16-40(36)37)41(3,38)39)20-9-10-22(27(29)34)26-25(20)21-8-7-18(15-23(21)30-26)28(35)32-13-11-31(2)12-14-32/h4-10,15,30,40H,11-14,16H2,1-3H3,(H2,29,34). The lowest BCUT2D eigenvalue weighted by Crippen LogP contribution is -2.47. The fourth-order valence-corrected chi connectivity index (χ4v) is 7.46. The topological polar surface area (TPSA) is 154 Å². The zero-order valence-corrected chi connectivity index (χ0v) is 24.6. The molecule has 0 unspecified atom stereocenters. The van der Waals surface area contributed by atoms with Crippen LogP contribution in [0.25, 0.3) is 32.9 Å². The van der Waals surface area contributed by atoms with Crippen LogP contribution in [0.15, 0.2) is 48.5 Å². The Bertz CT molecular complexity index is 1880. The van der Waals surface area contributed by atoms with Crippen LogP contribution in [0.3, 0.4) is 0 Å². The Morgan fingerprint density at radius 2 is 1.73 bits per heavy atom. The van der Waals surface area contributed by atoms with Crippen molar-refractivity contribution in [2.75, 3.05) is 49.7 Å². The number of anilines is 1. The second kappa shape index (κ2) is 10.8. The molecule has 0 atom stereocenters. The maximum absolute atomic E-state index is 13.3. The SMILES string of the molecule is Cc1c(-c2ccc(C(N)=O)c3[nH]c4cc(C(=O)N5CCN(C)CC5)ccc4c23)cccc1N(C[SH](=O)=O)S(C)(=O)=O. The number of likely N-dealkylation sites (N-methyl/N-ethyl adjacent to an activating group) is 1. The second-order valence-corrected chi connectivity index (χ2v) is 13.1. The second-order valence-electron chi connectivity index (χ2n) is 10.3. The third-order valence-electron chi connectivity index (χ3n) is 7.57. The summed E-state index contributed by atoms with van der Waals surface area (Å²) in [6.45, 7) is 4.59. The first-order valence-corrected chi connectivity index (χ1v) is 16.1. The first kappa shape index (κ1) is 28.6. The first-order chi connectivity index (χ1) is 19.4. The number of H-pyrrole nitrogens is 1. The van der Waals surface area contributed by atoms with E-state index in [1.54, 1.807) is 49.4 Å². The number of hydrogen-bond donors (Lipinski definition) is 3. The van der Waals surface area contributed by atoms with Gasteiger partial charge in [-0.2, -0.15) is 0 Å². The molecule has 0 bridgehead atoms. The van der Waals surface area contributed by atoms with Gasteiger partial charge < -0.3 is 20.5 Å². The van der Waals surface area contributed by atoms with E-state index in [1.165, 1.54) is 0 Å². The molecule has 3 N–H and O–H groups in total. The molecule has 2 heterocycles. The van der Waals surface area contributed by atoms with E-state index in [0.29, 0.717) is 51.8 Å².